The number of sulfonamides is 2. The molecule has 0 bridgehead atoms. The van der Waals surface area contributed by atoms with Gasteiger partial charge in [0.15, 0.2) is 0 Å². The molecule has 3 N–H and O–H groups in total. The van der Waals surface area contributed by atoms with Crippen LogP contribution in [0, 0.1) is 0 Å². The molecule has 0 amide bonds. The van der Waals surface area contributed by atoms with Crippen LogP contribution in [0.25, 0.3) is 0 Å². The first-order valence-electron chi connectivity index (χ1n) is 5.59. The molecule has 1 aromatic carbocycles. The summed E-state index contributed by atoms with van der Waals surface area (Å²) in [5, 5.41) is 8.85. The van der Waals surface area contributed by atoms with E-state index in [0.29, 0.717) is 0 Å². The Labute approximate surface area is 121 Å². The largest absolute Gasteiger partial charge is 0.386 e. The molecule has 0 saturated heterocycles. The van der Waals surface area contributed by atoms with Crippen LogP contribution in [0.1, 0.15) is 0 Å². The molecule has 1 unspecified atom stereocenters. The molecule has 0 aliphatic carbocycles. The van der Waals surface area contributed by atoms with Gasteiger partial charge in [-0.25, -0.2) is 35.1 Å². The molecule has 21 heavy (non-hydrogen) atoms. The van der Waals surface area contributed by atoms with Crippen LogP contribution in [0.4, 0.5) is 8.78 Å². The standard InChI is InChI=1S/C10H14F2N2O5S2/c1-13-20(16,17)7-2-4-8(5-3-7)21(18,19)14-6-9(15)10(11)12/h2-5,9-10,13-15H,6H2,1H3. The lowest BCUT2D eigenvalue weighted by atomic mass is 10.4. The van der Waals surface area contributed by atoms with E-state index < -0.39 is 39.1 Å². The van der Waals surface area contributed by atoms with Crippen LogP contribution in [0.5, 0.6) is 0 Å². The Hall–Kier alpha value is -1.14. The molecule has 120 valence electrons. The van der Waals surface area contributed by atoms with E-state index >= 15 is 0 Å². The number of halogens is 2. The second-order valence-electron chi connectivity index (χ2n) is 3.93. The average molecular weight is 344 g/mol. The van der Waals surface area contributed by atoms with Gasteiger partial charge in [-0.3, -0.25) is 0 Å². The summed E-state index contributed by atoms with van der Waals surface area (Å²) in [5.74, 6) is 0. The third kappa shape index (κ3) is 4.68. The van der Waals surface area contributed by atoms with Crippen LogP contribution in [0.15, 0.2) is 34.1 Å². The Bertz CT molecular complexity index is 674. The van der Waals surface area contributed by atoms with Crippen LogP contribution in [-0.4, -0.2) is 48.1 Å². The lowest BCUT2D eigenvalue weighted by molar-refractivity contribution is -0.000451. The van der Waals surface area contributed by atoms with Crippen molar-refractivity contribution >= 4 is 20.0 Å². The van der Waals surface area contributed by atoms with E-state index in [1.165, 1.54) is 7.05 Å². The van der Waals surface area contributed by atoms with Crippen molar-refractivity contribution in [2.24, 2.45) is 0 Å². The van der Waals surface area contributed by atoms with Gasteiger partial charge in [-0.1, -0.05) is 0 Å². The van der Waals surface area contributed by atoms with Crippen molar-refractivity contribution in [1.82, 2.24) is 9.44 Å². The quantitative estimate of drug-likeness (QED) is 0.617. The molecule has 0 saturated carbocycles. The van der Waals surface area contributed by atoms with Gasteiger partial charge in [0.25, 0.3) is 6.43 Å². The second-order valence-corrected chi connectivity index (χ2v) is 7.59. The first-order valence-corrected chi connectivity index (χ1v) is 8.56. The van der Waals surface area contributed by atoms with E-state index in [1.807, 2.05) is 0 Å². The van der Waals surface area contributed by atoms with Gasteiger partial charge in [-0.05, 0) is 31.3 Å². The minimum Gasteiger partial charge on any atom is -0.386 e. The van der Waals surface area contributed by atoms with Gasteiger partial charge in [0.1, 0.15) is 6.10 Å². The zero-order valence-corrected chi connectivity index (χ0v) is 12.5. The molecule has 1 atom stereocenters. The normalized spacial score (nSPS) is 14.3. The topological polar surface area (TPSA) is 113 Å². The zero-order chi connectivity index (χ0) is 16.3. The molecule has 0 heterocycles. The van der Waals surface area contributed by atoms with Crippen molar-refractivity contribution in [3.63, 3.8) is 0 Å². The van der Waals surface area contributed by atoms with Gasteiger partial charge < -0.3 is 5.11 Å². The number of hydrogen-bond donors (Lipinski definition) is 3. The summed E-state index contributed by atoms with van der Waals surface area (Å²) in [6, 6.07) is 4.15. The SMILES string of the molecule is CNS(=O)(=O)c1ccc(S(=O)(=O)NCC(O)C(F)F)cc1. The molecule has 0 spiro atoms. The minimum atomic E-state index is -4.12. The lowest BCUT2D eigenvalue weighted by Crippen LogP contribution is -2.35. The predicted octanol–water partition coefficient (Wildman–Crippen LogP) is -0.501. The first kappa shape index (κ1) is 17.9. The molecule has 11 heteroatoms. The maximum atomic E-state index is 12.1. The van der Waals surface area contributed by atoms with Gasteiger partial charge >= 0.3 is 0 Å². The first-order chi connectivity index (χ1) is 9.60. The minimum absolute atomic E-state index is 0.142. The van der Waals surface area contributed by atoms with E-state index in [2.05, 4.69) is 4.72 Å². The van der Waals surface area contributed by atoms with Crippen molar-refractivity contribution in [2.75, 3.05) is 13.6 Å². The van der Waals surface area contributed by atoms with Gasteiger partial charge in [0, 0.05) is 6.54 Å². The average Bonchev–Trinajstić information content (AvgIpc) is 2.44. The van der Waals surface area contributed by atoms with Crippen LogP contribution in [0.2, 0.25) is 0 Å². The fourth-order valence-corrected chi connectivity index (χ4v) is 3.06. The van der Waals surface area contributed by atoms with E-state index in [9.17, 15) is 25.6 Å². The highest BCUT2D eigenvalue weighted by atomic mass is 32.2. The third-order valence-electron chi connectivity index (χ3n) is 2.49. The van der Waals surface area contributed by atoms with E-state index in [0.717, 1.165) is 24.3 Å². The van der Waals surface area contributed by atoms with Crippen LogP contribution >= 0.6 is 0 Å². The summed E-state index contributed by atoms with van der Waals surface area (Å²) in [6.45, 7) is -0.851. The highest BCUT2D eigenvalue weighted by molar-refractivity contribution is 7.90. The number of aliphatic hydroxyl groups is 1. The van der Waals surface area contributed by atoms with E-state index in [-0.39, 0.29) is 9.79 Å². The predicted molar refractivity (Wildman–Crippen MR) is 69.9 cm³/mol. The molecule has 0 fully saturated rings. The van der Waals surface area contributed by atoms with Gasteiger partial charge in [0.2, 0.25) is 20.0 Å². The summed E-state index contributed by atoms with van der Waals surface area (Å²) >= 11 is 0. The maximum absolute atomic E-state index is 12.1. The molecule has 0 aromatic heterocycles. The summed E-state index contributed by atoms with van der Waals surface area (Å²) in [7, 11) is -6.62. The van der Waals surface area contributed by atoms with Gasteiger partial charge in [-0.2, -0.15) is 0 Å². The summed E-state index contributed by atoms with van der Waals surface area (Å²) in [6.07, 6.45) is -5.19. The Kier molecular flexibility index (Phi) is 5.75. The van der Waals surface area contributed by atoms with E-state index in [4.69, 9.17) is 5.11 Å². The number of benzene rings is 1. The number of aliphatic hydroxyl groups excluding tert-OH is 1. The Morgan fingerprint density at radius 3 is 1.86 bits per heavy atom. The molecule has 0 radical (unpaired) electrons. The number of nitrogens with one attached hydrogen (secondary N) is 2. The van der Waals surface area contributed by atoms with E-state index in [1.54, 1.807) is 4.72 Å². The van der Waals surface area contributed by atoms with Crippen molar-refractivity contribution in [3.05, 3.63) is 24.3 Å². The molecule has 0 aliphatic heterocycles. The summed E-state index contributed by atoms with van der Waals surface area (Å²) < 4.78 is 74.4. The van der Waals surface area contributed by atoms with Crippen LogP contribution in [-0.2, 0) is 20.0 Å². The molecular weight excluding hydrogens is 330 g/mol. The molecule has 1 aromatic rings. The van der Waals surface area contributed by atoms with Gasteiger partial charge in [0.05, 0.1) is 9.79 Å². The Balaban J connectivity index is 2.91. The summed E-state index contributed by atoms with van der Waals surface area (Å²) in [5.41, 5.74) is 0. The van der Waals surface area contributed by atoms with Gasteiger partial charge in [-0.15, -0.1) is 0 Å². The van der Waals surface area contributed by atoms with Crippen LogP contribution < -0.4 is 9.44 Å². The Morgan fingerprint density at radius 1 is 1.05 bits per heavy atom. The highest BCUT2D eigenvalue weighted by Gasteiger charge is 2.21. The second kappa shape index (κ2) is 6.75. The number of hydrogen-bond acceptors (Lipinski definition) is 5. The maximum Gasteiger partial charge on any atom is 0.265 e. The van der Waals surface area contributed by atoms with Crippen molar-refractivity contribution < 1.29 is 30.7 Å². The van der Waals surface area contributed by atoms with Crippen LogP contribution in [0.3, 0.4) is 0 Å². The van der Waals surface area contributed by atoms with Crippen molar-refractivity contribution in [3.8, 4) is 0 Å². The summed E-state index contributed by atoms with van der Waals surface area (Å²) in [4.78, 5) is -0.449. The molecular formula is C10H14F2N2O5S2. The monoisotopic (exact) mass is 344 g/mol. The Morgan fingerprint density at radius 2 is 1.48 bits per heavy atom. The number of rotatable bonds is 7. The molecule has 0 aliphatic rings. The fraction of sp³-hybridized carbons (Fsp3) is 0.400. The fourth-order valence-electron chi connectivity index (χ4n) is 1.28. The smallest absolute Gasteiger partial charge is 0.265 e. The van der Waals surface area contributed by atoms with Crippen molar-refractivity contribution in [2.45, 2.75) is 22.3 Å². The highest BCUT2D eigenvalue weighted by Crippen LogP contribution is 2.14. The molecule has 7 nitrogen and oxygen atoms in total. The zero-order valence-electron chi connectivity index (χ0n) is 10.8. The lowest BCUT2D eigenvalue weighted by Gasteiger charge is -2.11. The third-order valence-corrected chi connectivity index (χ3v) is 5.36. The molecule has 1 rings (SSSR count). The number of alkyl halides is 2. The van der Waals surface area contributed by atoms with Crippen molar-refractivity contribution in [1.29, 1.82) is 0 Å².